The van der Waals surface area contributed by atoms with Gasteiger partial charge in [-0.2, -0.15) is 0 Å². The second kappa shape index (κ2) is 10.1. The molecule has 0 aliphatic carbocycles. The number of carbonyl (C=O) groups excluding carboxylic acids is 1. The van der Waals surface area contributed by atoms with Crippen molar-refractivity contribution in [1.82, 2.24) is 4.90 Å². The van der Waals surface area contributed by atoms with Crippen molar-refractivity contribution < 1.29 is 4.79 Å². The van der Waals surface area contributed by atoms with E-state index < -0.39 is 0 Å². The summed E-state index contributed by atoms with van der Waals surface area (Å²) in [5.41, 5.74) is 2.94. The van der Waals surface area contributed by atoms with Crippen LogP contribution in [0.2, 0.25) is 10.0 Å². The van der Waals surface area contributed by atoms with Gasteiger partial charge in [0.25, 0.3) is 0 Å². The molecule has 1 fully saturated rings. The van der Waals surface area contributed by atoms with Gasteiger partial charge in [-0.25, -0.2) is 0 Å². The minimum Gasteiger partial charge on any atom is -0.368 e. The first-order valence-corrected chi connectivity index (χ1v) is 10.6. The number of benzene rings is 2. The Morgan fingerprint density at radius 1 is 1.04 bits per heavy atom. The van der Waals surface area contributed by atoms with Crippen molar-refractivity contribution in [3.8, 4) is 0 Å². The van der Waals surface area contributed by atoms with Crippen LogP contribution >= 0.6 is 23.2 Å². The third kappa shape index (κ3) is 5.63. The lowest BCUT2D eigenvalue weighted by Gasteiger charge is -2.36. The molecule has 150 valence electrons. The second-order valence-corrected chi connectivity index (χ2v) is 7.99. The Bertz CT molecular complexity index is 804. The van der Waals surface area contributed by atoms with Crippen molar-refractivity contribution in [2.75, 3.05) is 36.4 Å². The predicted octanol–water partition coefficient (Wildman–Crippen LogP) is 5.44. The fourth-order valence-electron chi connectivity index (χ4n) is 3.42. The van der Waals surface area contributed by atoms with Gasteiger partial charge in [-0.05, 0) is 36.2 Å². The molecular weight excluding hydrogens is 393 g/mol. The topological polar surface area (TPSA) is 35.6 Å². The van der Waals surface area contributed by atoms with Gasteiger partial charge in [0.05, 0.1) is 10.7 Å². The molecule has 2 aromatic carbocycles. The summed E-state index contributed by atoms with van der Waals surface area (Å²) >= 11 is 12.8. The molecule has 0 spiro atoms. The Hall–Kier alpha value is -1.75. The lowest BCUT2D eigenvalue weighted by molar-refractivity contribution is -0.116. The molecule has 1 N–H and O–H groups in total. The Morgan fingerprint density at radius 3 is 2.46 bits per heavy atom. The third-order valence-electron chi connectivity index (χ3n) is 5.05. The first kappa shape index (κ1) is 21.0. The number of amides is 1. The first-order valence-electron chi connectivity index (χ1n) is 9.87. The lowest BCUT2D eigenvalue weighted by Crippen LogP contribution is -2.46. The summed E-state index contributed by atoms with van der Waals surface area (Å²) in [6.07, 6.45) is 2.45. The number of rotatable bonds is 7. The highest BCUT2D eigenvalue weighted by molar-refractivity contribution is 6.33. The van der Waals surface area contributed by atoms with Gasteiger partial charge in [0.15, 0.2) is 0 Å². The average Bonchev–Trinajstić information content (AvgIpc) is 2.69. The normalized spacial score (nSPS) is 14.9. The molecule has 0 bridgehead atoms. The van der Waals surface area contributed by atoms with Crippen molar-refractivity contribution >= 4 is 40.5 Å². The molecule has 0 saturated carbocycles. The van der Waals surface area contributed by atoms with Crippen LogP contribution in [0.4, 0.5) is 11.4 Å². The molecule has 0 radical (unpaired) electrons. The number of piperazine rings is 1. The summed E-state index contributed by atoms with van der Waals surface area (Å²) in [7, 11) is 0. The zero-order chi connectivity index (χ0) is 19.9. The SMILES string of the molecule is CCCCC(=O)Nc1ccc(N2CCN(Cc3ccccc3Cl)CC2)c(Cl)c1. The van der Waals surface area contributed by atoms with Crippen LogP contribution in [0.5, 0.6) is 0 Å². The van der Waals surface area contributed by atoms with Crippen LogP contribution in [0.25, 0.3) is 0 Å². The molecule has 4 nitrogen and oxygen atoms in total. The molecule has 3 rings (SSSR count). The highest BCUT2D eigenvalue weighted by Crippen LogP contribution is 2.30. The molecule has 1 aliphatic heterocycles. The van der Waals surface area contributed by atoms with Crippen LogP contribution in [0.1, 0.15) is 31.7 Å². The number of carbonyl (C=O) groups is 1. The van der Waals surface area contributed by atoms with Crippen molar-refractivity contribution in [3.63, 3.8) is 0 Å². The van der Waals surface area contributed by atoms with Crippen LogP contribution in [-0.2, 0) is 11.3 Å². The van der Waals surface area contributed by atoms with E-state index in [9.17, 15) is 4.79 Å². The summed E-state index contributed by atoms with van der Waals surface area (Å²) in [4.78, 5) is 16.6. The maximum absolute atomic E-state index is 11.9. The summed E-state index contributed by atoms with van der Waals surface area (Å²) in [5, 5.41) is 4.42. The van der Waals surface area contributed by atoms with Crippen molar-refractivity contribution in [2.24, 2.45) is 0 Å². The van der Waals surface area contributed by atoms with E-state index in [2.05, 4.69) is 28.1 Å². The molecular formula is C22H27Cl2N3O. The quantitative estimate of drug-likeness (QED) is 0.648. The van der Waals surface area contributed by atoms with Gasteiger partial charge in [-0.3, -0.25) is 9.69 Å². The maximum atomic E-state index is 11.9. The summed E-state index contributed by atoms with van der Waals surface area (Å²) < 4.78 is 0. The van der Waals surface area contributed by atoms with Gasteiger partial charge in [-0.1, -0.05) is 54.7 Å². The van der Waals surface area contributed by atoms with E-state index >= 15 is 0 Å². The lowest BCUT2D eigenvalue weighted by atomic mass is 10.2. The van der Waals surface area contributed by atoms with Crippen LogP contribution in [0, 0.1) is 0 Å². The van der Waals surface area contributed by atoms with Gasteiger partial charge in [0.1, 0.15) is 0 Å². The molecule has 0 aromatic heterocycles. The van der Waals surface area contributed by atoms with E-state index in [1.165, 1.54) is 5.56 Å². The van der Waals surface area contributed by atoms with Crippen molar-refractivity contribution in [2.45, 2.75) is 32.7 Å². The van der Waals surface area contributed by atoms with Gasteiger partial charge < -0.3 is 10.2 Å². The molecule has 1 saturated heterocycles. The van der Waals surface area contributed by atoms with E-state index in [1.807, 2.05) is 36.4 Å². The fourth-order valence-corrected chi connectivity index (χ4v) is 3.91. The Balaban J connectivity index is 1.55. The Morgan fingerprint density at radius 2 is 1.79 bits per heavy atom. The number of nitrogens with one attached hydrogen (secondary N) is 1. The summed E-state index contributed by atoms with van der Waals surface area (Å²) in [6, 6.07) is 13.8. The van der Waals surface area contributed by atoms with Crippen LogP contribution in [0.15, 0.2) is 42.5 Å². The Kier molecular flexibility index (Phi) is 7.60. The van der Waals surface area contributed by atoms with E-state index in [0.717, 1.165) is 62.0 Å². The highest BCUT2D eigenvalue weighted by atomic mass is 35.5. The standard InChI is InChI=1S/C22H27Cl2N3O/c1-2-3-8-22(28)25-18-9-10-21(20(24)15-18)27-13-11-26(12-14-27)16-17-6-4-5-7-19(17)23/h4-7,9-10,15H,2-3,8,11-14,16H2,1H3,(H,25,28). The molecule has 0 atom stereocenters. The maximum Gasteiger partial charge on any atom is 0.224 e. The summed E-state index contributed by atoms with van der Waals surface area (Å²) in [5.74, 6) is 0.0406. The van der Waals surface area contributed by atoms with Crippen LogP contribution in [0.3, 0.4) is 0 Å². The van der Waals surface area contributed by atoms with Gasteiger partial charge in [0.2, 0.25) is 5.91 Å². The van der Waals surface area contributed by atoms with Gasteiger partial charge in [-0.15, -0.1) is 0 Å². The number of anilines is 2. The van der Waals surface area contributed by atoms with Gasteiger partial charge >= 0.3 is 0 Å². The fraction of sp³-hybridized carbons (Fsp3) is 0.409. The number of unbranched alkanes of at least 4 members (excludes halogenated alkanes) is 1. The minimum atomic E-state index is 0.0406. The van der Waals surface area contributed by atoms with Crippen LogP contribution < -0.4 is 10.2 Å². The van der Waals surface area contributed by atoms with Crippen LogP contribution in [-0.4, -0.2) is 37.0 Å². The Labute approximate surface area is 177 Å². The zero-order valence-electron chi connectivity index (χ0n) is 16.3. The first-order chi connectivity index (χ1) is 13.6. The average molecular weight is 420 g/mol. The number of halogens is 2. The smallest absolute Gasteiger partial charge is 0.224 e. The second-order valence-electron chi connectivity index (χ2n) is 7.17. The van der Waals surface area contributed by atoms with Crippen molar-refractivity contribution in [1.29, 1.82) is 0 Å². The number of hydrogen-bond acceptors (Lipinski definition) is 3. The highest BCUT2D eigenvalue weighted by Gasteiger charge is 2.20. The molecule has 1 aliphatic rings. The largest absolute Gasteiger partial charge is 0.368 e. The zero-order valence-corrected chi connectivity index (χ0v) is 17.8. The molecule has 1 heterocycles. The third-order valence-corrected chi connectivity index (χ3v) is 5.73. The van der Waals surface area contributed by atoms with E-state index in [-0.39, 0.29) is 5.91 Å². The molecule has 6 heteroatoms. The summed E-state index contributed by atoms with van der Waals surface area (Å²) in [6.45, 7) is 6.67. The molecule has 2 aromatic rings. The van der Waals surface area contributed by atoms with E-state index in [1.54, 1.807) is 0 Å². The number of hydrogen-bond donors (Lipinski definition) is 1. The minimum absolute atomic E-state index is 0.0406. The monoisotopic (exact) mass is 419 g/mol. The van der Waals surface area contributed by atoms with E-state index in [0.29, 0.717) is 11.4 Å². The molecule has 0 unspecified atom stereocenters. The van der Waals surface area contributed by atoms with Crippen molar-refractivity contribution in [3.05, 3.63) is 58.1 Å². The molecule has 28 heavy (non-hydrogen) atoms. The number of nitrogens with zero attached hydrogens (tertiary/aromatic N) is 2. The molecule has 1 amide bonds. The van der Waals surface area contributed by atoms with E-state index in [4.69, 9.17) is 23.2 Å². The van der Waals surface area contributed by atoms with Gasteiger partial charge in [0, 0.05) is 49.9 Å². The predicted molar refractivity (Wildman–Crippen MR) is 119 cm³/mol.